The summed E-state index contributed by atoms with van der Waals surface area (Å²) in [5.41, 5.74) is 6.90. The number of aryl methyl sites for hydroxylation is 2. The van der Waals surface area contributed by atoms with Crippen molar-refractivity contribution in [3.05, 3.63) is 70.4 Å². The Morgan fingerprint density at radius 3 is 2.70 bits per heavy atom. The number of nitrogens with one attached hydrogen (secondary N) is 1. The largest absolute Gasteiger partial charge is 0.478 e. The lowest BCUT2D eigenvalue weighted by Gasteiger charge is -2.29. The van der Waals surface area contributed by atoms with E-state index >= 15 is 0 Å². The lowest BCUT2D eigenvalue weighted by atomic mass is 9.97. The maximum absolute atomic E-state index is 11.2. The molecule has 4 heteroatoms. The van der Waals surface area contributed by atoms with Gasteiger partial charge in [-0.2, -0.15) is 0 Å². The molecule has 0 radical (unpaired) electrons. The number of carboxylic acids is 1. The third kappa shape index (κ3) is 2.67. The zero-order valence-electron chi connectivity index (χ0n) is 15.7. The lowest BCUT2D eigenvalue weighted by molar-refractivity contribution is 0.0697. The summed E-state index contributed by atoms with van der Waals surface area (Å²) in [5.74, 6) is 0.647. The number of aromatic nitrogens is 1. The molecule has 0 amide bonds. The van der Waals surface area contributed by atoms with Crippen molar-refractivity contribution in [2.24, 2.45) is 11.8 Å². The molecule has 27 heavy (non-hydrogen) atoms. The fraction of sp³-hybridized carbons (Fsp3) is 0.348. The van der Waals surface area contributed by atoms with Crippen LogP contribution in [-0.2, 0) is 6.54 Å². The highest BCUT2D eigenvalue weighted by Gasteiger charge is 2.52. The maximum atomic E-state index is 11.2. The van der Waals surface area contributed by atoms with E-state index in [4.69, 9.17) is 5.11 Å². The molecule has 2 fully saturated rings. The van der Waals surface area contributed by atoms with Gasteiger partial charge < -0.3 is 10.1 Å². The Morgan fingerprint density at radius 1 is 1.19 bits per heavy atom. The Kier molecular flexibility index (Phi) is 3.66. The third-order valence-electron chi connectivity index (χ3n) is 6.48. The normalized spacial score (nSPS) is 24.3. The first-order valence-corrected chi connectivity index (χ1v) is 9.66. The van der Waals surface area contributed by atoms with Crippen LogP contribution in [0.1, 0.15) is 45.1 Å². The first-order chi connectivity index (χ1) is 13.0. The number of nitrogens with zero attached hydrogens (tertiary/aromatic N) is 1. The van der Waals surface area contributed by atoms with Crippen LogP contribution in [0.25, 0.3) is 10.9 Å². The van der Waals surface area contributed by atoms with E-state index in [1.807, 2.05) is 18.3 Å². The lowest BCUT2D eigenvalue weighted by Crippen LogP contribution is -2.27. The minimum absolute atomic E-state index is 0.360. The summed E-state index contributed by atoms with van der Waals surface area (Å²) < 4.78 is 0. The highest BCUT2D eigenvalue weighted by molar-refractivity contribution is 5.88. The average molecular weight is 360 g/mol. The standard InChI is InChI=1S/C23H24N2O2/c1-13-9-14(2)21-18(7-8-24-21)20(13)12-25-11-17-10-19(17)22(25)15-3-5-16(6-4-15)23(26)27/h3-9,17,19,22,24H,10-12H2,1-2H3,(H,26,27)/t17?,19?,22-/m1/s1. The van der Waals surface area contributed by atoms with Crippen molar-refractivity contribution in [2.45, 2.75) is 32.9 Å². The van der Waals surface area contributed by atoms with Crippen LogP contribution in [0.3, 0.4) is 0 Å². The molecule has 0 bridgehead atoms. The molecule has 5 rings (SSSR count). The Balaban J connectivity index is 1.48. The van der Waals surface area contributed by atoms with Crippen molar-refractivity contribution in [3.8, 4) is 0 Å². The number of rotatable bonds is 4. The zero-order valence-corrected chi connectivity index (χ0v) is 15.7. The number of piperidine rings is 1. The van der Waals surface area contributed by atoms with Gasteiger partial charge in [0.2, 0.25) is 0 Å². The molecule has 1 aliphatic heterocycles. The van der Waals surface area contributed by atoms with E-state index in [9.17, 15) is 4.79 Å². The predicted molar refractivity (Wildman–Crippen MR) is 106 cm³/mol. The minimum Gasteiger partial charge on any atom is -0.478 e. The first kappa shape index (κ1) is 16.6. The molecule has 2 N–H and O–H groups in total. The van der Waals surface area contributed by atoms with Gasteiger partial charge in [0.25, 0.3) is 0 Å². The second kappa shape index (κ2) is 5.96. The van der Waals surface area contributed by atoms with Crippen LogP contribution >= 0.6 is 0 Å². The van der Waals surface area contributed by atoms with E-state index in [1.165, 1.54) is 39.6 Å². The fourth-order valence-corrected chi connectivity index (χ4v) is 5.05. The first-order valence-electron chi connectivity index (χ1n) is 9.66. The van der Waals surface area contributed by atoms with Crippen LogP contribution in [0, 0.1) is 25.7 Å². The fourth-order valence-electron chi connectivity index (χ4n) is 5.05. The van der Waals surface area contributed by atoms with Crippen molar-refractivity contribution in [2.75, 3.05) is 6.54 Å². The number of carbonyl (C=O) groups is 1. The quantitative estimate of drug-likeness (QED) is 0.710. The summed E-state index contributed by atoms with van der Waals surface area (Å²) in [5, 5.41) is 10.5. The average Bonchev–Trinajstić information content (AvgIpc) is 3.07. The molecule has 2 aromatic carbocycles. The number of fused-ring (bicyclic) bond motifs is 2. The van der Waals surface area contributed by atoms with Crippen LogP contribution in [0.15, 0.2) is 42.6 Å². The minimum atomic E-state index is -0.862. The number of aromatic carboxylic acids is 1. The molecule has 2 aliphatic rings. The van der Waals surface area contributed by atoms with Crippen LogP contribution in [0.4, 0.5) is 0 Å². The van der Waals surface area contributed by atoms with Crippen LogP contribution < -0.4 is 0 Å². The van der Waals surface area contributed by atoms with E-state index in [-0.39, 0.29) is 0 Å². The molecule has 2 unspecified atom stereocenters. The second-order valence-corrected chi connectivity index (χ2v) is 8.22. The molecule has 4 nitrogen and oxygen atoms in total. The Hall–Kier alpha value is -2.59. The van der Waals surface area contributed by atoms with Crippen molar-refractivity contribution in [1.82, 2.24) is 9.88 Å². The summed E-state index contributed by atoms with van der Waals surface area (Å²) in [4.78, 5) is 17.1. The van der Waals surface area contributed by atoms with Gasteiger partial charge in [0.05, 0.1) is 5.56 Å². The monoisotopic (exact) mass is 360 g/mol. The van der Waals surface area contributed by atoms with E-state index in [0.29, 0.717) is 17.5 Å². The molecule has 1 aliphatic carbocycles. The molecule has 138 valence electrons. The Bertz CT molecular complexity index is 1030. The van der Waals surface area contributed by atoms with Crippen molar-refractivity contribution < 1.29 is 9.90 Å². The van der Waals surface area contributed by atoms with Crippen LogP contribution in [0.2, 0.25) is 0 Å². The number of carboxylic acid groups (broad SMARTS) is 1. The van der Waals surface area contributed by atoms with Gasteiger partial charge in [-0.25, -0.2) is 4.79 Å². The number of benzene rings is 2. The topological polar surface area (TPSA) is 56.3 Å². The number of likely N-dealkylation sites (tertiary alicyclic amines) is 1. The molecule has 3 aromatic rings. The van der Waals surface area contributed by atoms with Crippen molar-refractivity contribution >= 4 is 16.9 Å². The summed E-state index contributed by atoms with van der Waals surface area (Å²) in [6.07, 6.45) is 3.33. The van der Waals surface area contributed by atoms with Gasteiger partial charge in [-0.1, -0.05) is 18.2 Å². The maximum Gasteiger partial charge on any atom is 0.335 e. The van der Waals surface area contributed by atoms with Gasteiger partial charge in [0.15, 0.2) is 0 Å². The Labute approximate surface area is 158 Å². The van der Waals surface area contributed by atoms with E-state index in [2.05, 4.69) is 35.9 Å². The van der Waals surface area contributed by atoms with E-state index in [1.54, 1.807) is 12.1 Å². The van der Waals surface area contributed by atoms with Gasteiger partial charge in [-0.3, -0.25) is 4.90 Å². The van der Waals surface area contributed by atoms with Gasteiger partial charge in [-0.15, -0.1) is 0 Å². The molecule has 1 saturated heterocycles. The predicted octanol–water partition coefficient (Wildman–Crippen LogP) is 4.68. The SMILES string of the molecule is Cc1cc(C)c2[nH]ccc2c1CN1CC2CC2[C@H]1c1ccc(C(=O)O)cc1. The second-order valence-electron chi connectivity index (χ2n) is 8.22. The van der Waals surface area contributed by atoms with E-state index < -0.39 is 5.97 Å². The van der Waals surface area contributed by atoms with Crippen LogP contribution in [-0.4, -0.2) is 27.5 Å². The molecule has 2 heterocycles. The summed E-state index contributed by atoms with van der Waals surface area (Å²) in [6.45, 7) is 6.45. The van der Waals surface area contributed by atoms with Gasteiger partial charge in [-0.05, 0) is 72.6 Å². The highest BCUT2D eigenvalue weighted by atomic mass is 16.4. The molecular weight excluding hydrogens is 336 g/mol. The molecule has 0 spiro atoms. The number of aromatic amines is 1. The van der Waals surface area contributed by atoms with Crippen molar-refractivity contribution in [3.63, 3.8) is 0 Å². The van der Waals surface area contributed by atoms with Crippen LogP contribution in [0.5, 0.6) is 0 Å². The summed E-state index contributed by atoms with van der Waals surface area (Å²) in [6, 6.07) is 12.4. The number of hydrogen-bond donors (Lipinski definition) is 2. The molecular formula is C23H24N2O2. The molecule has 3 atom stereocenters. The number of hydrogen-bond acceptors (Lipinski definition) is 2. The van der Waals surface area contributed by atoms with Gasteiger partial charge >= 0.3 is 5.97 Å². The summed E-state index contributed by atoms with van der Waals surface area (Å²) >= 11 is 0. The highest BCUT2D eigenvalue weighted by Crippen LogP contribution is 2.57. The molecule has 1 saturated carbocycles. The summed E-state index contributed by atoms with van der Waals surface area (Å²) in [7, 11) is 0. The van der Waals surface area contributed by atoms with Gasteiger partial charge in [0, 0.05) is 36.2 Å². The molecule has 1 aromatic heterocycles. The van der Waals surface area contributed by atoms with Crippen molar-refractivity contribution in [1.29, 1.82) is 0 Å². The third-order valence-corrected chi connectivity index (χ3v) is 6.48. The zero-order chi connectivity index (χ0) is 18.7. The van der Waals surface area contributed by atoms with E-state index in [0.717, 1.165) is 19.0 Å². The Morgan fingerprint density at radius 2 is 1.96 bits per heavy atom. The smallest absolute Gasteiger partial charge is 0.335 e. The van der Waals surface area contributed by atoms with Gasteiger partial charge in [0.1, 0.15) is 0 Å². The number of H-pyrrole nitrogens is 1.